The third-order valence-electron chi connectivity index (χ3n) is 7.21. The van der Waals surface area contributed by atoms with Crippen LogP contribution < -0.4 is 5.32 Å². The van der Waals surface area contributed by atoms with E-state index in [1.54, 1.807) is 4.90 Å². The molecule has 2 amide bonds. The van der Waals surface area contributed by atoms with Crippen molar-refractivity contribution in [1.29, 1.82) is 0 Å². The molecule has 0 aromatic heterocycles. The molecule has 1 heterocycles. The van der Waals surface area contributed by atoms with Gasteiger partial charge in [-0.2, -0.15) is 0 Å². The summed E-state index contributed by atoms with van der Waals surface area (Å²) in [6.45, 7) is 5.96. The fraction of sp³-hybridized carbons (Fsp3) is 0.444. The van der Waals surface area contributed by atoms with Crippen LogP contribution in [0.4, 0.5) is 4.79 Å². The van der Waals surface area contributed by atoms with E-state index in [1.807, 2.05) is 43.4 Å². The quantitative estimate of drug-likeness (QED) is 0.632. The summed E-state index contributed by atoms with van der Waals surface area (Å²) in [5, 5.41) is 11.8. The maximum Gasteiger partial charge on any atom is 0.407 e. The van der Waals surface area contributed by atoms with Crippen LogP contribution in [0.3, 0.4) is 0 Å². The molecule has 2 N–H and O–H groups in total. The lowest BCUT2D eigenvalue weighted by atomic mass is 9.98. The third-order valence-corrected chi connectivity index (χ3v) is 7.21. The molecule has 8 heteroatoms. The summed E-state index contributed by atoms with van der Waals surface area (Å²) in [6.07, 6.45) is -0.938. The van der Waals surface area contributed by atoms with Gasteiger partial charge in [0, 0.05) is 37.5 Å². The van der Waals surface area contributed by atoms with E-state index < -0.39 is 18.1 Å². The molecule has 35 heavy (non-hydrogen) atoms. The largest absolute Gasteiger partial charge is 0.481 e. The monoisotopic (exact) mass is 479 g/mol. The van der Waals surface area contributed by atoms with Crippen LogP contribution in [0.2, 0.25) is 0 Å². The van der Waals surface area contributed by atoms with E-state index in [9.17, 15) is 14.4 Å². The molecule has 1 fully saturated rings. The Balaban J connectivity index is 1.43. The molecule has 0 radical (unpaired) electrons. The van der Waals surface area contributed by atoms with Gasteiger partial charge in [-0.15, -0.1) is 0 Å². The molecule has 2 aromatic rings. The Bertz CT molecular complexity index is 1070. The number of aliphatic carboxylic acids is 1. The van der Waals surface area contributed by atoms with Gasteiger partial charge in [-0.05, 0) is 49.6 Å². The lowest BCUT2D eigenvalue weighted by molar-refractivity contribution is -0.139. The predicted octanol–water partition coefficient (Wildman–Crippen LogP) is 3.31. The number of fused-ring (bicyclic) bond motifs is 3. The van der Waals surface area contributed by atoms with Crippen LogP contribution in [0.15, 0.2) is 48.5 Å². The third kappa shape index (κ3) is 5.32. The van der Waals surface area contributed by atoms with Crippen LogP contribution in [-0.4, -0.2) is 77.7 Å². The topological polar surface area (TPSA) is 99.2 Å². The molecule has 4 rings (SSSR count). The minimum atomic E-state index is -1.02. The Hall–Kier alpha value is -3.39. The number of benzene rings is 2. The van der Waals surface area contributed by atoms with Crippen LogP contribution in [0, 0.1) is 0 Å². The molecule has 186 valence electrons. The summed E-state index contributed by atoms with van der Waals surface area (Å²) in [6, 6.07) is 15.2. The molecule has 0 bridgehead atoms. The molecule has 1 aliphatic carbocycles. The van der Waals surface area contributed by atoms with Crippen molar-refractivity contribution in [1.82, 2.24) is 15.1 Å². The van der Waals surface area contributed by atoms with Crippen LogP contribution in [-0.2, 0) is 14.3 Å². The number of hydrogen-bond donors (Lipinski definition) is 2. The maximum absolute atomic E-state index is 13.3. The standard InChI is InChI=1S/C27H33N3O5/c1-27(2)17-30(15-14-29(27)3)25(33)23(12-13-24(31)32)28-26(34)35-16-22-20-10-6-4-8-18(20)19-9-5-7-11-21(19)22/h4-11,22-23H,12-17H2,1-3H3,(H,28,34)(H,31,32). The number of amides is 2. The van der Waals surface area contributed by atoms with Crippen LogP contribution >= 0.6 is 0 Å². The lowest BCUT2D eigenvalue weighted by Gasteiger charge is -2.46. The Labute approximate surface area is 205 Å². The first-order valence-corrected chi connectivity index (χ1v) is 12.0. The van der Waals surface area contributed by atoms with Crippen molar-refractivity contribution in [3.8, 4) is 11.1 Å². The molecular formula is C27H33N3O5. The summed E-state index contributed by atoms with van der Waals surface area (Å²) in [7, 11) is 2.01. The molecule has 8 nitrogen and oxygen atoms in total. The number of rotatable bonds is 7. The van der Waals surface area contributed by atoms with Gasteiger partial charge in [-0.25, -0.2) is 4.79 Å². The first-order chi connectivity index (χ1) is 16.7. The van der Waals surface area contributed by atoms with Gasteiger partial charge >= 0.3 is 12.1 Å². The molecule has 1 aliphatic heterocycles. The number of carbonyl (C=O) groups is 3. The van der Waals surface area contributed by atoms with Gasteiger partial charge in [0.2, 0.25) is 5.91 Å². The number of alkyl carbamates (subject to hydrolysis) is 1. The van der Waals surface area contributed by atoms with E-state index in [0.29, 0.717) is 19.6 Å². The second-order valence-corrected chi connectivity index (χ2v) is 9.95. The van der Waals surface area contributed by atoms with Crippen molar-refractivity contribution in [3.05, 3.63) is 59.7 Å². The second-order valence-electron chi connectivity index (χ2n) is 9.95. The minimum Gasteiger partial charge on any atom is -0.481 e. The maximum atomic E-state index is 13.3. The second kappa shape index (κ2) is 10.1. The smallest absolute Gasteiger partial charge is 0.407 e. The number of likely N-dealkylation sites (N-methyl/N-ethyl adjacent to an activating group) is 1. The highest BCUT2D eigenvalue weighted by atomic mass is 16.5. The molecule has 0 saturated carbocycles. The van der Waals surface area contributed by atoms with Gasteiger partial charge in [0.25, 0.3) is 0 Å². The number of carboxylic acids is 1. The summed E-state index contributed by atoms with van der Waals surface area (Å²) >= 11 is 0. The Morgan fingerprint density at radius 2 is 1.66 bits per heavy atom. The Morgan fingerprint density at radius 1 is 1.06 bits per heavy atom. The molecular weight excluding hydrogens is 446 g/mol. The highest BCUT2D eigenvalue weighted by Gasteiger charge is 2.36. The number of carbonyl (C=O) groups excluding carboxylic acids is 2. The molecule has 2 aliphatic rings. The average Bonchev–Trinajstić information content (AvgIpc) is 3.15. The first-order valence-electron chi connectivity index (χ1n) is 12.0. The van der Waals surface area contributed by atoms with Gasteiger partial charge in [-0.3, -0.25) is 14.5 Å². The van der Waals surface area contributed by atoms with E-state index in [2.05, 4.69) is 36.2 Å². The minimum absolute atomic E-state index is 0.00509. The van der Waals surface area contributed by atoms with Crippen molar-refractivity contribution >= 4 is 18.0 Å². The van der Waals surface area contributed by atoms with Crippen LogP contribution in [0.5, 0.6) is 0 Å². The summed E-state index contributed by atoms with van der Waals surface area (Å²) in [5.74, 6) is -1.39. The molecule has 2 aromatic carbocycles. The number of carboxylic acid groups (broad SMARTS) is 1. The molecule has 0 spiro atoms. The number of nitrogens with zero attached hydrogens (tertiary/aromatic N) is 2. The fourth-order valence-corrected chi connectivity index (χ4v) is 4.96. The lowest BCUT2D eigenvalue weighted by Crippen LogP contribution is -2.61. The van der Waals surface area contributed by atoms with Gasteiger partial charge in [0.05, 0.1) is 0 Å². The van der Waals surface area contributed by atoms with E-state index in [1.165, 1.54) is 0 Å². The predicted molar refractivity (Wildman–Crippen MR) is 132 cm³/mol. The SMILES string of the molecule is CN1CCN(C(=O)C(CCC(=O)O)NC(=O)OCC2c3ccccc3-c3ccccc32)CC1(C)C. The number of hydrogen-bond acceptors (Lipinski definition) is 5. The Kier molecular flexibility index (Phi) is 7.12. The summed E-state index contributed by atoms with van der Waals surface area (Å²) in [5.41, 5.74) is 4.24. The summed E-state index contributed by atoms with van der Waals surface area (Å²) in [4.78, 5) is 41.1. The van der Waals surface area contributed by atoms with Crippen LogP contribution in [0.1, 0.15) is 43.7 Å². The normalized spacial score (nSPS) is 17.9. The zero-order valence-electron chi connectivity index (χ0n) is 20.5. The highest BCUT2D eigenvalue weighted by Crippen LogP contribution is 2.44. The van der Waals surface area contributed by atoms with Gasteiger partial charge < -0.3 is 20.1 Å². The van der Waals surface area contributed by atoms with Gasteiger partial charge in [-0.1, -0.05) is 48.5 Å². The van der Waals surface area contributed by atoms with Gasteiger partial charge in [0.15, 0.2) is 0 Å². The van der Waals surface area contributed by atoms with Crippen molar-refractivity contribution in [2.24, 2.45) is 0 Å². The molecule has 1 saturated heterocycles. The fourth-order valence-electron chi connectivity index (χ4n) is 4.96. The van der Waals surface area contributed by atoms with E-state index in [-0.39, 0.29) is 36.8 Å². The average molecular weight is 480 g/mol. The zero-order chi connectivity index (χ0) is 25.2. The van der Waals surface area contributed by atoms with Crippen molar-refractivity contribution in [2.45, 2.75) is 44.2 Å². The van der Waals surface area contributed by atoms with E-state index >= 15 is 0 Å². The first kappa shape index (κ1) is 24.7. The number of nitrogens with one attached hydrogen (secondary N) is 1. The van der Waals surface area contributed by atoms with Gasteiger partial charge in [0.1, 0.15) is 12.6 Å². The van der Waals surface area contributed by atoms with Crippen LogP contribution in [0.25, 0.3) is 11.1 Å². The number of piperazine rings is 1. The van der Waals surface area contributed by atoms with E-state index in [4.69, 9.17) is 9.84 Å². The van der Waals surface area contributed by atoms with Crippen molar-refractivity contribution in [3.63, 3.8) is 0 Å². The zero-order valence-corrected chi connectivity index (χ0v) is 20.5. The molecule has 1 atom stereocenters. The summed E-state index contributed by atoms with van der Waals surface area (Å²) < 4.78 is 5.60. The van der Waals surface area contributed by atoms with Crippen molar-refractivity contribution in [2.75, 3.05) is 33.3 Å². The van der Waals surface area contributed by atoms with Crippen molar-refractivity contribution < 1.29 is 24.2 Å². The Morgan fingerprint density at radius 3 is 2.23 bits per heavy atom. The highest BCUT2D eigenvalue weighted by molar-refractivity contribution is 5.86. The molecule has 1 unspecified atom stereocenters. The van der Waals surface area contributed by atoms with E-state index in [0.717, 1.165) is 22.3 Å². The number of ether oxygens (including phenoxy) is 1.